The van der Waals surface area contributed by atoms with Gasteiger partial charge in [0.15, 0.2) is 5.78 Å². The molecule has 0 aromatic heterocycles. The fourth-order valence-electron chi connectivity index (χ4n) is 2.41. The second-order valence-corrected chi connectivity index (χ2v) is 6.64. The molecule has 112 valence electrons. The minimum absolute atomic E-state index is 0.0845. The normalized spacial score (nSPS) is 21.0. The van der Waals surface area contributed by atoms with E-state index >= 15 is 0 Å². The number of halogens is 1. The number of rotatable bonds is 4. The van der Waals surface area contributed by atoms with Crippen LogP contribution in [0.15, 0.2) is 59.5 Å². The topological polar surface area (TPSA) is 46.2 Å². The minimum Gasteiger partial charge on any atom is -0.345 e. The molecule has 1 aliphatic rings. The molecule has 0 aliphatic carbocycles. The summed E-state index contributed by atoms with van der Waals surface area (Å²) in [6, 6.07) is 16.4. The number of hydrogen-bond donors (Lipinski definition) is 1. The molecule has 3 rings (SSSR count). The number of thioether (sulfide) groups is 1. The molecular weight excluding hydrogens is 318 g/mol. The van der Waals surface area contributed by atoms with Gasteiger partial charge in [0.2, 0.25) is 5.91 Å². The van der Waals surface area contributed by atoms with E-state index < -0.39 is 11.3 Å². The highest BCUT2D eigenvalue weighted by Gasteiger charge is 2.41. The molecule has 0 radical (unpaired) electrons. The van der Waals surface area contributed by atoms with E-state index in [-0.39, 0.29) is 11.7 Å². The first-order valence-corrected chi connectivity index (χ1v) is 8.20. The fraction of sp³-hybridized carbons (Fsp3) is 0.176. The van der Waals surface area contributed by atoms with Crippen molar-refractivity contribution in [2.24, 2.45) is 0 Å². The first kappa shape index (κ1) is 15.1. The van der Waals surface area contributed by atoms with Crippen molar-refractivity contribution in [3.63, 3.8) is 0 Å². The van der Waals surface area contributed by atoms with E-state index in [1.807, 2.05) is 48.5 Å². The predicted molar refractivity (Wildman–Crippen MR) is 88.2 cm³/mol. The van der Waals surface area contributed by atoms with Crippen LogP contribution in [-0.2, 0) is 16.0 Å². The maximum absolute atomic E-state index is 12.5. The molecule has 2 atom stereocenters. The van der Waals surface area contributed by atoms with Gasteiger partial charge in [0.05, 0.1) is 11.1 Å². The van der Waals surface area contributed by atoms with Gasteiger partial charge >= 0.3 is 0 Å². The van der Waals surface area contributed by atoms with Gasteiger partial charge < -0.3 is 5.32 Å². The number of carbonyl (C=O) groups is 2. The van der Waals surface area contributed by atoms with Crippen molar-refractivity contribution in [3.05, 3.63) is 65.2 Å². The quantitative estimate of drug-likeness (QED) is 0.876. The Kier molecular flexibility index (Phi) is 4.50. The number of hydrogen-bond acceptors (Lipinski definition) is 3. The van der Waals surface area contributed by atoms with Gasteiger partial charge in [-0.05, 0) is 24.1 Å². The highest BCUT2D eigenvalue weighted by atomic mass is 35.5. The molecule has 2 aromatic rings. The highest BCUT2D eigenvalue weighted by molar-refractivity contribution is 8.01. The van der Waals surface area contributed by atoms with E-state index in [1.165, 1.54) is 11.8 Å². The molecule has 1 fully saturated rings. The van der Waals surface area contributed by atoms with Crippen LogP contribution in [0.5, 0.6) is 0 Å². The smallest absolute Gasteiger partial charge is 0.241 e. The maximum Gasteiger partial charge on any atom is 0.241 e. The van der Waals surface area contributed by atoms with Gasteiger partial charge in [0, 0.05) is 4.90 Å². The Balaban J connectivity index is 1.73. The lowest BCUT2D eigenvalue weighted by Crippen LogP contribution is -2.31. The monoisotopic (exact) mass is 331 g/mol. The van der Waals surface area contributed by atoms with E-state index in [1.54, 1.807) is 6.07 Å². The summed E-state index contributed by atoms with van der Waals surface area (Å²) in [5.74, 6) is -0.324. The molecule has 0 spiro atoms. The summed E-state index contributed by atoms with van der Waals surface area (Å²) < 4.78 is 0. The van der Waals surface area contributed by atoms with Gasteiger partial charge in [-0.3, -0.25) is 9.59 Å². The Hall–Kier alpha value is -1.78. The van der Waals surface area contributed by atoms with Crippen molar-refractivity contribution in [1.29, 1.82) is 0 Å². The van der Waals surface area contributed by atoms with Crippen molar-refractivity contribution in [2.45, 2.75) is 22.6 Å². The van der Waals surface area contributed by atoms with Crippen LogP contribution in [0.4, 0.5) is 0 Å². The number of carbonyl (C=O) groups excluding carboxylic acids is 2. The van der Waals surface area contributed by atoms with Crippen LogP contribution < -0.4 is 5.32 Å². The van der Waals surface area contributed by atoms with Gasteiger partial charge in [0.25, 0.3) is 0 Å². The van der Waals surface area contributed by atoms with Crippen molar-refractivity contribution >= 4 is 35.1 Å². The Bertz CT molecular complexity index is 705. The lowest BCUT2D eigenvalue weighted by atomic mass is 10.0. The number of amides is 1. The molecular formula is C17H14ClNO2S. The van der Waals surface area contributed by atoms with Crippen molar-refractivity contribution in [1.82, 2.24) is 5.32 Å². The summed E-state index contributed by atoms with van der Waals surface area (Å²) in [5, 5.41) is 2.62. The molecule has 0 saturated carbocycles. The number of Topliss-reactive ketones (excluding diaryl/α,β-unsaturated/α-hetero) is 1. The predicted octanol–water partition coefficient (Wildman–Crippen LogP) is 3.11. The SMILES string of the molecule is O=C1N[C@H](Cc2ccccc2)C(=O)C1Sc1ccccc1Cl. The van der Waals surface area contributed by atoms with Crippen LogP contribution in [0.1, 0.15) is 5.56 Å². The maximum atomic E-state index is 12.5. The molecule has 22 heavy (non-hydrogen) atoms. The van der Waals surface area contributed by atoms with Crippen LogP contribution in [0.25, 0.3) is 0 Å². The molecule has 1 unspecified atom stereocenters. The Morgan fingerprint density at radius 2 is 1.68 bits per heavy atom. The number of benzene rings is 2. The van der Waals surface area contributed by atoms with Crippen LogP contribution >= 0.6 is 23.4 Å². The van der Waals surface area contributed by atoms with Crippen LogP contribution in [0.3, 0.4) is 0 Å². The number of ketones is 1. The molecule has 3 nitrogen and oxygen atoms in total. The van der Waals surface area contributed by atoms with E-state index in [0.717, 1.165) is 10.5 Å². The molecule has 1 saturated heterocycles. The minimum atomic E-state index is -0.728. The molecule has 1 amide bonds. The third kappa shape index (κ3) is 3.18. The van der Waals surface area contributed by atoms with E-state index in [0.29, 0.717) is 11.4 Å². The van der Waals surface area contributed by atoms with Gasteiger partial charge in [-0.15, -0.1) is 11.8 Å². The lowest BCUT2D eigenvalue weighted by Gasteiger charge is -2.09. The third-order valence-electron chi connectivity index (χ3n) is 3.52. The molecule has 5 heteroatoms. The standard InChI is InChI=1S/C17H14ClNO2S/c18-12-8-4-5-9-14(12)22-16-15(20)13(19-17(16)21)10-11-6-2-1-3-7-11/h1-9,13,16H,10H2,(H,19,21)/t13-,16?/m1/s1. The van der Waals surface area contributed by atoms with E-state index in [4.69, 9.17) is 11.6 Å². The van der Waals surface area contributed by atoms with E-state index in [2.05, 4.69) is 5.32 Å². The van der Waals surface area contributed by atoms with Crippen LogP contribution in [0.2, 0.25) is 5.02 Å². The molecule has 1 heterocycles. The second-order valence-electron chi connectivity index (χ2n) is 5.08. The highest BCUT2D eigenvalue weighted by Crippen LogP contribution is 2.33. The summed E-state index contributed by atoms with van der Waals surface area (Å²) in [5.41, 5.74) is 1.03. The van der Waals surface area contributed by atoms with Crippen molar-refractivity contribution in [3.8, 4) is 0 Å². The molecule has 1 aliphatic heterocycles. The van der Waals surface area contributed by atoms with Crippen LogP contribution in [-0.4, -0.2) is 23.0 Å². The first-order chi connectivity index (χ1) is 10.6. The summed E-state index contributed by atoms with van der Waals surface area (Å²) in [6.07, 6.45) is 0.519. The summed E-state index contributed by atoms with van der Waals surface area (Å²) in [7, 11) is 0. The number of nitrogens with one attached hydrogen (secondary N) is 1. The zero-order valence-electron chi connectivity index (χ0n) is 11.7. The summed E-state index contributed by atoms with van der Waals surface area (Å²) in [6.45, 7) is 0. The van der Waals surface area contributed by atoms with Gasteiger partial charge in [-0.25, -0.2) is 0 Å². The fourth-order valence-corrected chi connectivity index (χ4v) is 3.73. The zero-order chi connectivity index (χ0) is 15.5. The molecule has 2 aromatic carbocycles. The molecule has 0 bridgehead atoms. The Labute approximate surface area is 138 Å². The first-order valence-electron chi connectivity index (χ1n) is 6.94. The van der Waals surface area contributed by atoms with Gasteiger partial charge in [0.1, 0.15) is 5.25 Å². The Morgan fingerprint density at radius 3 is 2.41 bits per heavy atom. The average Bonchev–Trinajstić information content (AvgIpc) is 2.78. The Morgan fingerprint density at radius 1 is 1.00 bits per heavy atom. The van der Waals surface area contributed by atoms with Gasteiger partial charge in [-0.1, -0.05) is 54.1 Å². The summed E-state index contributed by atoms with van der Waals surface area (Å²) >= 11 is 7.32. The van der Waals surface area contributed by atoms with Crippen molar-refractivity contribution in [2.75, 3.05) is 0 Å². The van der Waals surface area contributed by atoms with Gasteiger partial charge in [-0.2, -0.15) is 0 Å². The largest absolute Gasteiger partial charge is 0.345 e. The third-order valence-corrected chi connectivity index (χ3v) is 5.25. The summed E-state index contributed by atoms with van der Waals surface area (Å²) in [4.78, 5) is 25.3. The lowest BCUT2D eigenvalue weighted by molar-refractivity contribution is -0.121. The van der Waals surface area contributed by atoms with E-state index in [9.17, 15) is 9.59 Å². The van der Waals surface area contributed by atoms with Crippen molar-refractivity contribution < 1.29 is 9.59 Å². The average molecular weight is 332 g/mol. The second kappa shape index (κ2) is 6.55. The van der Waals surface area contributed by atoms with Crippen LogP contribution in [0, 0.1) is 0 Å². The molecule has 1 N–H and O–H groups in total. The zero-order valence-corrected chi connectivity index (χ0v) is 13.2.